The van der Waals surface area contributed by atoms with Crippen molar-refractivity contribution in [3.63, 3.8) is 0 Å². The molecule has 1 aliphatic rings. The topological polar surface area (TPSA) is 47.9 Å². The van der Waals surface area contributed by atoms with E-state index in [4.69, 9.17) is 11.6 Å². The number of piperazine rings is 1. The Bertz CT molecular complexity index is 815. The lowest BCUT2D eigenvalue weighted by molar-refractivity contribution is -0.122. The third-order valence-corrected chi connectivity index (χ3v) is 5.01. The molecule has 0 bridgehead atoms. The van der Waals surface area contributed by atoms with Crippen LogP contribution in [0.2, 0.25) is 5.02 Å². The Morgan fingerprint density at radius 1 is 1.04 bits per heavy atom. The van der Waals surface area contributed by atoms with Crippen molar-refractivity contribution in [2.75, 3.05) is 32.7 Å². The van der Waals surface area contributed by atoms with E-state index in [1.807, 2.05) is 24.3 Å². The summed E-state index contributed by atoms with van der Waals surface area (Å²) in [5.41, 5.74) is 5.24. The Morgan fingerprint density at radius 3 is 2.29 bits per heavy atom. The number of amides is 1. The number of nitrogens with zero attached hydrogens (tertiary/aromatic N) is 3. The van der Waals surface area contributed by atoms with Crippen LogP contribution in [0.25, 0.3) is 0 Å². The first-order chi connectivity index (χ1) is 13.5. The summed E-state index contributed by atoms with van der Waals surface area (Å²) in [6, 6.07) is 13.9. The number of hydrazone groups is 1. The number of halogens is 2. The molecule has 1 amide bonds. The van der Waals surface area contributed by atoms with E-state index >= 15 is 0 Å². The first-order valence-corrected chi connectivity index (χ1v) is 9.65. The molecule has 2 aromatic rings. The normalized spacial score (nSPS) is 16.2. The third kappa shape index (κ3) is 6.12. The van der Waals surface area contributed by atoms with E-state index in [-0.39, 0.29) is 11.7 Å². The molecule has 0 atom stereocenters. The van der Waals surface area contributed by atoms with Gasteiger partial charge in [0, 0.05) is 37.7 Å². The second-order valence-corrected chi connectivity index (χ2v) is 7.35. The summed E-state index contributed by atoms with van der Waals surface area (Å²) >= 11 is 5.93. The minimum absolute atomic E-state index is 0.146. The van der Waals surface area contributed by atoms with E-state index in [0.29, 0.717) is 12.3 Å². The number of rotatable bonds is 6. The summed E-state index contributed by atoms with van der Waals surface area (Å²) < 4.78 is 13.0. The fraction of sp³-hybridized carbons (Fsp3) is 0.333. The fourth-order valence-electron chi connectivity index (χ4n) is 3.09. The molecule has 0 unspecified atom stereocenters. The van der Waals surface area contributed by atoms with E-state index in [1.165, 1.54) is 17.7 Å². The lowest BCUT2D eigenvalue weighted by Crippen LogP contribution is -2.48. The average molecular weight is 403 g/mol. The summed E-state index contributed by atoms with van der Waals surface area (Å²) in [5.74, 6) is -0.441. The largest absolute Gasteiger partial charge is 0.297 e. The molecule has 28 heavy (non-hydrogen) atoms. The van der Waals surface area contributed by atoms with Crippen molar-refractivity contribution in [3.05, 3.63) is 70.5 Å². The van der Waals surface area contributed by atoms with Crippen molar-refractivity contribution in [1.29, 1.82) is 0 Å². The number of carbonyl (C=O) groups excluding carboxylic acids is 1. The highest BCUT2D eigenvalue weighted by Crippen LogP contribution is 2.13. The number of carbonyl (C=O) groups is 1. The van der Waals surface area contributed by atoms with Gasteiger partial charge in [-0.05, 0) is 42.3 Å². The summed E-state index contributed by atoms with van der Waals surface area (Å²) in [6.07, 6.45) is 0. The Balaban J connectivity index is 1.41. The highest BCUT2D eigenvalue weighted by atomic mass is 35.5. The molecule has 1 heterocycles. The summed E-state index contributed by atoms with van der Waals surface area (Å²) in [4.78, 5) is 16.7. The van der Waals surface area contributed by atoms with Gasteiger partial charge in [-0.25, -0.2) is 9.82 Å². The molecule has 3 rings (SSSR count). The molecule has 0 saturated carbocycles. The van der Waals surface area contributed by atoms with Gasteiger partial charge < -0.3 is 0 Å². The standard InChI is InChI=1S/C21H24ClFN4O/c1-16(18-4-8-20(23)9-5-18)24-25-21(28)15-27-12-10-26(11-13-27)14-17-2-6-19(22)7-3-17/h2-9H,10-15H2,1H3,(H,25,28)/b24-16+. The Morgan fingerprint density at radius 2 is 1.64 bits per heavy atom. The van der Waals surface area contributed by atoms with Gasteiger partial charge in [0.2, 0.25) is 0 Å². The Kier molecular flexibility index (Phi) is 7.14. The molecule has 2 aromatic carbocycles. The van der Waals surface area contributed by atoms with Crippen LogP contribution in [0.5, 0.6) is 0 Å². The number of hydrogen-bond acceptors (Lipinski definition) is 4. The quantitative estimate of drug-likeness (QED) is 0.596. The van der Waals surface area contributed by atoms with Gasteiger partial charge in [-0.2, -0.15) is 5.10 Å². The minimum atomic E-state index is -0.296. The highest BCUT2D eigenvalue weighted by Gasteiger charge is 2.19. The second-order valence-electron chi connectivity index (χ2n) is 6.92. The zero-order valence-electron chi connectivity index (χ0n) is 15.9. The van der Waals surface area contributed by atoms with E-state index in [2.05, 4.69) is 20.3 Å². The van der Waals surface area contributed by atoms with E-state index in [9.17, 15) is 9.18 Å². The number of hydrogen-bond donors (Lipinski definition) is 1. The summed E-state index contributed by atoms with van der Waals surface area (Å²) in [7, 11) is 0. The second kappa shape index (κ2) is 9.78. The maximum absolute atomic E-state index is 13.0. The zero-order valence-corrected chi connectivity index (χ0v) is 16.6. The first-order valence-electron chi connectivity index (χ1n) is 9.28. The smallest absolute Gasteiger partial charge is 0.254 e. The molecule has 0 aromatic heterocycles. The molecule has 1 aliphatic heterocycles. The average Bonchev–Trinajstić information content (AvgIpc) is 2.70. The summed E-state index contributed by atoms with van der Waals surface area (Å²) in [5, 5.41) is 4.86. The van der Waals surface area contributed by atoms with E-state index in [1.54, 1.807) is 19.1 Å². The predicted molar refractivity (Wildman–Crippen MR) is 110 cm³/mol. The van der Waals surface area contributed by atoms with Crippen LogP contribution in [0, 0.1) is 5.82 Å². The minimum Gasteiger partial charge on any atom is -0.297 e. The van der Waals surface area contributed by atoms with Crippen LogP contribution >= 0.6 is 11.6 Å². The molecule has 7 heteroatoms. The van der Waals surface area contributed by atoms with Crippen molar-refractivity contribution in [1.82, 2.24) is 15.2 Å². The van der Waals surface area contributed by atoms with Gasteiger partial charge in [-0.15, -0.1) is 0 Å². The van der Waals surface area contributed by atoms with Crippen molar-refractivity contribution in [3.8, 4) is 0 Å². The molecular weight excluding hydrogens is 379 g/mol. The van der Waals surface area contributed by atoms with Gasteiger partial charge in [0.25, 0.3) is 5.91 Å². The van der Waals surface area contributed by atoms with Crippen LogP contribution in [-0.4, -0.2) is 54.1 Å². The fourth-order valence-corrected chi connectivity index (χ4v) is 3.22. The van der Waals surface area contributed by atoms with Crippen LogP contribution in [0.1, 0.15) is 18.1 Å². The van der Waals surface area contributed by atoms with E-state index < -0.39 is 0 Å². The number of nitrogens with one attached hydrogen (secondary N) is 1. The molecule has 0 spiro atoms. The molecule has 0 radical (unpaired) electrons. The maximum atomic E-state index is 13.0. The van der Waals surface area contributed by atoms with Crippen molar-refractivity contribution in [2.24, 2.45) is 5.10 Å². The molecule has 1 N–H and O–H groups in total. The van der Waals surface area contributed by atoms with Crippen LogP contribution < -0.4 is 5.43 Å². The van der Waals surface area contributed by atoms with Crippen molar-refractivity contribution < 1.29 is 9.18 Å². The summed E-state index contributed by atoms with van der Waals surface area (Å²) in [6.45, 7) is 6.47. The first kappa shape index (κ1) is 20.5. The Labute approximate surface area is 169 Å². The van der Waals surface area contributed by atoms with Crippen LogP contribution in [0.3, 0.4) is 0 Å². The van der Waals surface area contributed by atoms with Crippen LogP contribution in [0.4, 0.5) is 4.39 Å². The Hall–Kier alpha value is -2.28. The molecule has 1 fully saturated rings. The molecular formula is C21H24ClFN4O. The number of benzene rings is 2. The molecule has 5 nitrogen and oxygen atoms in total. The van der Waals surface area contributed by atoms with Gasteiger partial charge in [0.15, 0.2) is 0 Å². The van der Waals surface area contributed by atoms with Gasteiger partial charge in [0.1, 0.15) is 5.82 Å². The van der Waals surface area contributed by atoms with Gasteiger partial charge in [0.05, 0.1) is 12.3 Å². The van der Waals surface area contributed by atoms with Gasteiger partial charge in [-0.1, -0.05) is 35.9 Å². The zero-order chi connectivity index (χ0) is 19.9. The van der Waals surface area contributed by atoms with Crippen molar-refractivity contribution in [2.45, 2.75) is 13.5 Å². The molecule has 148 valence electrons. The van der Waals surface area contributed by atoms with Crippen LogP contribution in [-0.2, 0) is 11.3 Å². The molecule has 1 saturated heterocycles. The lowest BCUT2D eigenvalue weighted by Gasteiger charge is -2.34. The van der Waals surface area contributed by atoms with Crippen LogP contribution in [0.15, 0.2) is 53.6 Å². The maximum Gasteiger partial charge on any atom is 0.254 e. The predicted octanol–water partition coefficient (Wildman–Crippen LogP) is 3.14. The van der Waals surface area contributed by atoms with Crippen molar-refractivity contribution >= 4 is 23.2 Å². The monoisotopic (exact) mass is 402 g/mol. The highest BCUT2D eigenvalue weighted by molar-refractivity contribution is 6.30. The lowest BCUT2D eigenvalue weighted by atomic mass is 10.1. The van der Waals surface area contributed by atoms with Gasteiger partial charge in [-0.3, -0.25) is 14.6 Å². The van der Waals surface area contributed by atoms with Gasteiger partial charge >= 0.3 is 0 Å². The van der Waals surface area contributed by atoms with E-state index in [0.717, 1.165) is 43.3 Å². The third-order valence-electron chi connectivity index (χ3n) is 4.76. The molecule has 0 aliphatic carbocycles. The SMILES string of the molecule is C/C(=N\NC(=O)CN1CCN(Cc2ccc(Cl)cc2)CC1)c1ccc(F)cc1.